The normalized spacial score (nSPS) is 27.4. The fourth-order valence-corrected chi connectivity index (χ4v) is 5.05. The quantitative estimate of drug-likeness (QED) is 0.584. The van der Waals surface area contributed by atoms with E-state index in [1.54, 1.807) is 0 Å². The van der Waals surface area contributed by atoms with Gasteiger partial charge >= 0.3 is 0 Å². The molecule has 0 aromatic rings. The highest BCUT2D eigenvalue weighted by molar-refractivity contribution is 5.03. The lowest BCUT2D eigenvalue weighted by Crippen LogP contribution is -2.64. The highest BCUT2D eigenvalue weighted by atomic mass is 16.5. The molecule has 4 nitrogen and oxygen atoms in total. The fourth-order valence-electron chi connectivity index (χ4n) is 5.05. The third-order valence-corrected chi connectivity index (χ3v) is 6.39. The molecule has 2 aliphatic rings. The Balaban J connectivity index is 2.19. The first kappa shape index (κ1) is 17.2. The van der Waals surface area contributed by atoms with E-state index in [-0.39, 0.29) is 11.1 Å². The molecular formula is C17H35N3O. The van der Waals surface area contributed by atoms with Crippen molar-refractivity contribution in [2.24, 2.45) is 11.8 Å². The molecule has 1 saturated carbocycles. The zero-order valence-electron chi connectivity index (χ0n) is 14.5. The lowest BCUT2D eigenvalue weighted by Gasteiger charge is -2.51. The second-order valence-corrected chi connectivity index (χ2v) is 7.34. The highest BCUT2D eigenvalue weighted by Gasteiger charge is 2.47. The van der Waals surface area contributed by atoms with E-state index in [4.69, 9.17) is 10.6 Å². The molecule has 21 heavy (non-hydrogen) atoms. The number of nitrogens with zero attached hydrogens (tertiary/aromatic N) is 1. The minimum absolute atomic E-state index is 0.135. The van der Waals surface area contributed by atoms with Crippen molar-refractivity contribution in [2.75, 3.05) is 20.7 Å². The summed E-state index contributed by atoms with van der Waals surface area (Å²) in [5.41, 5.74) is 3.50. The minimum atomic E-state index is 0.135. The summed E-state index contributed by atoms with van der Waals surface area (Å²) in [6.07, 6.45) is 9.69. The number of hydrazine groups is 1. The Morgan fingerprint density at radius 2 is 1.90 bits per heavy atom. The maximum atomic E-state index is 6.21. The van der Waals surface area contributed by atoms with Crippen LogP contribution in [0.4, 0.5) is 0 Å². The van der Waals surface area contributed by atoms with Crippen LogP contribution in [0.5, 0.6) is 0 Å². The first-order valence-corrected chi connectivity index (χ1v) is 8.81. The monoisotopic (exact) mass is 297 g/mol. The van der Waals surface area contributed by atoms with Gasteiger partial charge in [-0.25, -0.2) is 0 Å². The van der Waals surface area contributed by atoms with Gasteiger partial charge in [-0.2, -0.15) is 0 Å². The van der Waals surface area contributed by atoms with Crippen LogP contribution in [-0.2, 0) is 4.74 Å². The van der Waals surface area contributed by atoms with Gasteiger partial charge in [-0.05, 0) is 58.5 Å². The second kappa shape index (κ2) is 6.95. The number of hydrogen-bond acceptors (Lipinski definition) is 4. The summed E-state index contributed by atoms with van der Waals surface area (Å²) in [7, 11) is 4.39. The molecule has 0 aromatic heterocycles. The molecule has 2 atom stereocenters. The van der Waals surface area contributed by atoms with Gasteiger partial charge in [0.1, 0.15) is 0 Å². The Morgan fingerprint density at radius 3 is 2.38 bits per heavy atom. The van der Waals surface area contributed by atoms with Crippen LogP contribution in [-0.4, -0.2) is 42.8 Å². The minimum Gasteiger partial charge on any atom is -0.375 e. The number of ether oxygens (including phenoxy) is 1. The van der Waals surface area contributed by atoms with E-state index >= 15 is 0 Å². The Hall–Kier alpha value is -0.160. The Labute approximate surface area is 130 Å². The number of nitrogens with two attached hydrogens (primary N) is 1. The lowest BCUT2D eigenvalue weighted by atomic mass is 9.71. The molecule has 1 heterocycles. The molecule has 3 N–H and O–H groups in total. The Bertz CT molecular complexity index is 322. The fraction of sp³-hybridized carbons (Fsp3) is 1.00. The number of likely N-dealkylation sites (N-methyl/N-ethyl adjacent to an activating group) is 1. The summed E-state index contributed by atoms with van der Waals surface area (Å²) in [5.74, 6) is 6.66. The van der Waals surface area contributed by atoms with Gasteiger partial charge in [-0.1, -0.05) is 26.7 Å². The van der Waals surface area contributed by atoms with Crippen molar-refractivity contribution in [2.45, 2.75) is 82.4 Å². The van der Waals surface area contributed by atoms with E-state index in [2.05, 4.69) is 38.3 Å². The van der Waals surface area contributed by atoms with E-state index in [0.29, 0.717) is 12.0 Å². The molecule has 1 spiro atoms. The molecule has 2 rings (SSSR count). The van der Waals surface area contributed by atoms with Gasteiger partial charge in [0.25, 0.3) is 0 Å². The molecule has 0 amide bonds. The molecule has 2 unspecified atom stereocenters. The largest absolute Gasteiger partial charge is 0.375 e. The van der Waals surface area contributed by atoms with Crippen LogP contribution < -0.4 is 11.3 Å². The van der Waals surface area contributed by atoms with E-state index in [1.807, 2.05) is 0 Å². The SMILES string of the molecule is CCC(CC)(C(NN)C1CCOC2(CCCC2)C1)N(C)C. The third-order valence-electron chi connectivity index (χ3n) is 6.39. The maximum Gasteiger partial charge on any atom is 0.0685 e. The molecule has 2 fully saturated rings. The number of hydrogen-bond donors (Lipinski definition) is 2. The standard InChI is InChI=1S/C17H35N3O/c1-5-17(6-2,20(3)4)15(19-18)14-9-12-21-16(13-14)10-7-8-11-16/h14-15,19H,5-13,18H2,1-4H3. The van der Waals surface area contributed by atoms with Gasteiger partial charge < -0.3 is 9.64 Å². The van der Waals surface area contributed by atoms with Gasteiger partial charge in [0, 0.05) is 18.2 Å². The summed E-state index contributed by atoms with van der Waals surface area (Å²) >= 11 is 0. The van der Waals surface area contributed by atoms with Gasteiger partial charge in [-0.3, -0.25) is 11.3 Å². The molecule has 4 heteroatoms. The first-order valence-electron chi connectivity index (χ1n) is 8.81. The molecule has 124 valence electrons. The van der Waals surface area contributed by atoms with E-state index in [0.717, 1.165) is 25.9 Å². The van der Waals surface area contributed by atoms with Crippen LogP contribution in [0.2, 0.25) is 0 Å². The van der Waals surface area contributed by atoms with Crippen LogP contribution in [0.15, 0.2) is 0 Å². The highest BCUT2D eigenvalue weighted by Crippen LogP contribution is 2.45. The van der Waals surface area contributed by atoms with Crippen molar-refractivity contribution in [3.05, 3.63) is 0 Å². The molecular weight excluding hydrogens is 262 g/mol. The second-order valence-electron chi connectivity index (χ2n) is 7.34. The van der Waals surface area contributed by atoms with Gasteiger partial charge in [0.05, 0.1) is 5.60 Å². The van der Waals surface area contributed by atoms with Crippen LogP contribution in [0.3, 0.4) is 0 Å². The average molecular weight is 297 g/mol. The average Bonchev–Trinajstić information content (AvgIpc) is 2.92. The lowest BCUT2D eigenvalue weighted by molar-refractivity contribution is -0.108. The molecule has 1 saturated heterocycles. The van der Waals surface area contributed by atoms with E-state index in [9.17, 15) is 0 Å². The van der Waals surface area contributed by atoms with Crippen molar-refractivity contribution in [3.63, 3.8) is 0 Å². The predicted molar refractivity (Wildman–Crippen MR) is 88.0 cm³/mol. The van der Waals surface area contributed by atoms with Crippen LogP contribution in [0.1, 0.15) is 65.2 Å². The van der Waals surface area contributed by atoms with Crippen molar-refractivity contribution in [1.29, 1.82) is 0 Å². The summed E-state index contributed by atoms with van der Waals surface area (Å²) in [6.45, 7) is 5.48. The topological polar surface area (TPSA) is 50.5 Å². The van der Waals surface area contributed by atoms with Gasteiger partial charge in [0.15, 0.2) is 0 Å². The summed E-state index contributed by atoms with van der Waals surface area (Å²) in [5, 5.41) is 0. The van der Waals surface area contributed by atoms with Gasteiger partial charge in [0.2, 0.25) is 0 Å². The van der Waals surface area contributed by atoms with Gasteiger partial charge in [-0.15, -0.1) is 0 Å². The molecule has 1 aliphatic carbocycles. The molecule has 1 aliphatic heterocycles. The Kier molecular flexibility index (Phi) is 5.69. The van der Waals surface area contributed by atoms with Crippen LogP contribution in [0, 0.1) is 5.92 Å². The maximum absolute atomic E-state index is 6.21. The van der Waals surface area contributed by atoms with E-state index < -0.39 is 0 Å². The zero-order chi connectivity index (χ0) is 15.5. The molecule has 0 bridgehead atoms. The zero-order valence-corrected chi connectivity index (χ0v) is 14.5. The molecule has 0 radical (unpaired) electrons. The summed E-state index contributed by atoms with van der Waals surface area (Å²) in [4.78, 5) is 2.38. The smallest absolute Gasteiger partial charge is 0.0685 e. The summed E-state index contributed by atoms with van der Waals surface area (Å²) < 4.78 is 6.21. The summed E-state index contributed by atoms with van der Waals surface area (Å²) in [6, 6.07) is 0.337. The Morgan fingerprint density at radius 1 is 1.29 bits per heavy atom. The third kappa shape index (κ3) is 3.14. The van der Waals surface area contributed by atoms with Crippen LogP contribution in [0.25, 0.3) is 0 Å². The number of rotatable bonds is 6. The molecule has 0 aromatic carbocycles. The predicted octanol–water partition coefficient (Wildman–Crippen LogP) is 2.68. The van der Waals surface area contributed by atoms with Crippen molar-refractivity contribution >= 4 is 0 Å². The first-order chi connectivity index (χ1) is 10.0. The van der Waals surface area contributed by atoms with Crippen molar-refractivity contribution in [3.8, 4) is 0 Å². The van der Waals surface area contributed by atoms with Crippen molar-refractivity contribution in [1.82, 2.24) is 10.3 Å². The van der Waals surface area contributed by atoms with E-state index in [1.165, 1.54) is 32.1 Å². The number of nitrogens with one attached hydrogen (secondary N) is 1. The van der Waals surface area contributed by atoms with Crippen molar-refractivity contribution < 1.29 is 4.74 Å². The van der Waals surface area contributed by atoms with Crippen LogP contribution >= 0.6 is 0 Å².